The second-order valence-corrected chi connectivity index (χ2v) is 7.28. The van der Waals surface area contributed by atoms with Crippen molar-refractivity contribution in [2.45, 2.75) is 31.3 Å². The van der Waals surface area contributed by atoms with Gasteiger partial charge in [-0.15, -0.1) is 4.91 Å². The third-order valence-corrected chi connectivity index (χ3v) is 5.08. The largest absolute Gasteiger partial charge is 0.507 e. The van der Waals surface area contributed by atoms with E-state index in [0.717, 1.165) is 0 Å². The number of nitroso groups, excluding NO2 is 3. The first-order chi connectivity index (χ1) is 15.5. The molecule has 3 aromatic rings. The summed E-state index contributed by atoms with van der Waals surface area (Å²) in [6.45, 7) is -0.147. The van der Waals surface area contributed by atoms with Gasteiger partial charge in [-0.1, -0.05) is 10.4 Å². The molecular formula is C21H17N3O8. The van der Waals surface area contributed by atoms with E-state index in [1.807, 2.05) is 0 Å². The van der Waals surface area contributed by atoms with Crippen LogP contribution in [0.4, 0.5) is 5.69 Å². The van der Waals surface area contributed by atoms with Crippen LogP contribution in [0.2, 0.25) is 0 Å². The topological polar surface area (TPSA) is 157 Å². The van der Waals surface area contributed by atoms with Gasteiger partial charge in [0.2, 0.25) is 6.29 Å². The van der Waals surface area contributed by atoms with E-state index in [9.17, 15) is 24.6 Å². The van der Waals surface area contributed by atoms with Crippen molar-refractivity contribution in [1.82, 2.24) is 0 Å². The van der Waals surface area contributed by atoms with Crippen molar-refractivity contribution in [2.24, 2.45) is 15.5 Å². The maximum absolute atomic E-state index is 12.6. The van der Waals surface area contributed by atoms with Crippen molar-refractivity contribution in [2.75, 3.05) is 6.54 Å². The third kappa shape index (κ3) is 4.37. The molecule has 32 heavy (non-hydrogen) atoms. The highest BCUT2D eigenvalue weighted by Gasteiger charge is 2.32. The minimum absolute atomic E-state index is 0.0349. The summed E-state index contributed by atoms with van der Waals surface area (Å²) in [6.07, 6.45) is -1.11. The highest BCUT2D eigenvalue weighted by Crippen LogP contribution is 2.33. The quantitative estimate of drug-likeness (QED) is 0.532. The number of phenols is 1. The van der Waals surface area contributed by atoms with Crippen molar-refractivity contribution in [3.05, 3.63) is 67.4 Å². The summed E-state index contributed by atoms with van der Waals surface area (Å²) in [4.78, 5) is 44.7. The number of ether oxygens (including phenoxy) is 2. The van der Waals surface area contributed by atoms with Crippen molar-refractivity contribution in [3.63, 3.8) is 0 Å². The molecule has 2 heterocycles. The summed E-state index contributed by atoms with van der Waals surface area (Å²) in [5.41, 5.74) is 0.344. The van der Waals surface area contributed by atoms with E-state index >= 15 is 0 Å². The van der Waals surface area contributed by atoms with Crippen LogP contribution in [0.3, 0.4) is 0 Å². The van der Waals surface area contributed by atoms with Crippen LogP contribution in [0.15, 0.2) is 67.2 Å². The van der Waals surface area contributed by atoms with Gasteiger partial charge in [0.15, 0.2) is 5.43 Å². The van der Waals surface area contributed by atoms with E-state index in [1.54, 1.807) is 12.1 Å². The Bertz CT molecular complexity index is 1220. The van der Waals surface area contributed by atoms with Crippen molar-refractivity contribution < 1.29 is 19.0 Å². The first-order valence-corrected chi connectivity index (χ1v) is 9.69. The summed E-state index contributed by atoms with van der Waals surface area (Å²) in [5.74, 6) is -0.0109. The Hall–Kier alpha value is -3.99. The van der Waals surface area contributed by atoms with Gasteiger partial charge < -0.3 is 19.0 Å². The van der Waals surface area contributed by atoms with Gasteiger partial charge in [-0.3, -0.25) is 4.79 Å². The standard InChI is InChI=1S/C21H17N3O8/c25-16-7-14(30-20-6-13(24-29)5-15(31-20)10-22-27)8-19-21(16)17(26)9-18(32-19)11-1-3-12(23-28)4-2-11/h1-4,7-9,13,15,20,25H,5-6,10H2. The first-order valence-electron chi connectivity index (χ1n) is 9.69. The Kier molecular flexibility index (Phi) is 5.99. The van der Waals surface area contributed by atoms with E-state index in [4.69, 9.17) is 13.9 Å². The Labute approximate surface area is 179 Å². The lowest BCUT2D eigenvalue weighted by atomic mass is 10.0. The number of rotatable bonds is 7. The van der Waals surface area contributed by atoms with Crippen LogP contribution in [-0.4, -0.2) is 30.1 Å². The van der Waals surface area contributed by atoms with Gasteiger partial charge in [-0.2, -0.15) is 9.81 Å². The summed E-state index contributed by atoms with van der Waals surface area (Å²) in [5, 5.41) is 19.0. The van der Waals surface area contributed by atoms with Crippen LogP contribution < -0.4 is 10.2 Å². The minimum atomic E-state index is -0.909. The van der Waals surface area contributed by atoms with Gasteiger partial charge in [-0.25, -0.2) is 0 Å². The van der Waals surface area contributed by atoms with Crippen LogP contribution in [0.1, 0.15) is 12.8 Å². The van der Waals surface area contributed by atoms with E-state index in [1.165, 1.54) is 30.3 Å². The minimum Gasteiger partial charge on any atom is -0.507 e. The first kappa shape index (κ1) is 21.2. The number of hydrogen-bond acceptors (Lipinski definition) is 11. The van der Waals surface area contributed by atoms with Gasteiger partial charge in [-0.05, 0) is 29.4 Å². The number of benzene rings is 2. The molecule has 0 bridgehead atoms. The summed E-state index contributed by atoms with van der Waals surface area (Å²) in [6, 6.07) is 9.37. The van der Waals surface area contributed by atoms with Crippen molar-refractivity contribution in [3.8, 4) is 22.8 Å². The van der Waals surface area contributed by atoms with Crippen molar-refractivity contribution >= 4 is 16.7 Å². The molecule has 4 rings (SSSR count). The molecule has 0 amide bonds. The Balaban J connectivity index is 1.67. The zero-order valence-electron chi connectivity index (χ0n) is 16.5. The number of phenolic OH excluding ortho intramolecular Hbond substituents is 1. The molecule has 0 spiro atoms. The lowest BCUT2D eigenvalue weighted by Crippen LogP contribution is -2.39. The summed E-state index contributed by atoms with van der Waals surface area (Å²) >= 11 is 0. The van der Waals surface area contributed by atoms with Crippen LogP contribution in [-0.2, 0) is 4.74 Å². The fourth-order valence-electron chi connectivity index (χ4n) is 3.60. The molecule has 1 aliphatic rings. The van der Waals surface area contributed by atoms with E-state index in [-0.39, 0.29) is 53.3 Å². The number of fused-ring (bicyclic) bond motifs is 1. The second-order valence-electron chi connectivity index (χ2n) is 7.28. The number of hydrogen-bond donors (Lipinski definition) is 1. The lowest BCUT2D eigenvalue weighted by molar-refractivity contribution is -0.148. The predicted molar refractivity (Wildman–Crippen MR) is 114 cm³/mol. The molecule has 1 fully saturated rings. The number of aromatic hydroxyl groups is 1. The lowest BCUT2D eigenvalue weighted by Gasteiger charge is -2.31. The molecular weight excluding hydrogens is 422 g/mol. The Morgan fingerprint density at radius 2 is 1.84 bits per heavy atom. The van der Waals surface area contributed by atoms with Crippen molar-refractivity contribution in [1.29, 1.82) is 0 Å². The van der Waals surface area contributed by atoms with Gasteiger partial charge in [0.25, 0.3) is 0 Å². The van der Waals surface area contributed by atoms with Crippen LogP contribution in [0, 0.1) is 14.7 Å². The average molecular weight is 439 g/mol. The van der Waals surface area contributed by atoms with E-state index in [2.05, 4.69) is 15.5 Å². The fourth-order valence-corrected chi connectivity index (χ4v) is 3.60. The Morgan fingerprint density at radius 3 is 2.53 bits per heavy atom. The molecule has 3 atom stereocenters. The number of nitrogens with zero attached hydrogens (tertiary/aromatic N) is 3. The molecule has 0 saturated carbocycles. The van der Waals surface area contributed by atoms with Gasteiger partial charge in [0.05, 0.1) is 6.10 Å². The molecule has 11 nitrogen and oxygen atoms in total. The monoisotopic (exact) mass is 439 g/mol. The smallest absolute Gasteiger partial charge is 0.202 e. The van der Waals surface area contributed by atoms with Crippen LogP contribution >= 0.6 is 0 Å². The molecule has 2 aromatic carbocycles. The maximum atomic E-state index is 12.6. The fraction of sp³-hybridized carbons (Fsp3) is 0.286. The second kappa shape index (κ2) is 9.02. The maximum Gasteiger partial charge on any atom is 0.202 e. The van der Waals surface area contributed by atoms with E-state index in [0.29, 0.717) is 5.56 Å². The van der Waals surface area contributed by atoms with Crippen LogP contribution in [0.5, 0.6) is 11.5 Å². The zero-order valence-corrected chi connectivity index (χ0v) is 16.5. The molecule has 1 saturated heterocycles. The third-order valence-electron chi connectivity index (χ3n) is 5.08. The molecule has 1 aliphatic heterocycles. The molecule has 164 valence electrons. The van der Waals surface area contributed by atoms with Crippen LogP contribution in [0.25, 0.3) is 22.3 Å². The summed E-state index contributed by atoms with van der Waals surface area (Å²) < 4.78 is 17.2. The highest BCUT2D eigenvalue weighted by molar-refractivity contribution is 5.86. The highest BCUT2D eigenvalue weighted by atomic mass is 16.7. The normalized spacial score (nSPS) is 20.6. The molecule has 0 radical (unpaired) electrons. The van der Waals surface area contributed by atoms with E-state index < -0.39 is 23.9 Å². The Morgan fingerprint density at radius 1 is 1.06 bits per heavy atom. The molecule has 0 aliphatic carbocycles. The zero-order chi connectivity index (χ0) is 22.7. The molecule has 1 aromatic heterocycles. The SMILES string of the molecule is O=NCC1CC(N=O)CC(Oc2cc(O)c3c(=O)cc(-c4ccc(N=O)cc4)oc3c2)O1. The predicted octanol–water partition coefficient (Wildman–Crippen LogP) is 4.35. The van der Waals surface area contributed by atoms with Gasteiger partial charge >= 0.3 is 0 Å². The summed E-state index contributed by atoms with van der Waals surface area (Å²) in [7, 11) is 0. The molecule has 11 heteroatoms. The molecule has 1 N–H and O–H groups in total. The van der Waals surface area contributed by atoms with Gasteiger partial charge in [0.1, 0.15) is 46.5 Å². The average Bonchev–Trinajstić information content (AvgIpc) is 2.78. The van der Waals surface area contributed by atoms with Gasteiger partial charge in [0, 0.05) is 36.6 Å². The molecule has 3 unspecified atom stereocenters.